The summed E-state index contributed by atoms with van der Waals surface area (Å²) in [5, 5.41) is 4.21. The van der Waals surface area contributed by atoms with Gasteiger partial charge >= 0.3 is 6.09 Å². The van der Waals surface area contributed by atoms with Crippen molar-refractivity contribution < 1.29 is 9.53 Å². The smallest absolute Gasteiger partial charge is 0.428 e. The molecule has 0 unspecified atom stereocenters. The summed E-state index contributed by atoms with van der Waals surface area (Å²) in [5.41, 5.74) is 7.04. The van der Waals surface area contributed by atoms with E-state index >= 15 is 0 Å². The molecule has 1 aliphatic carbocycles. The van der Waals surface area contributed by atoms with E-state index in [1.807, 2.05) is 6.92 Å². The minimum atomic E-state index is -0.484. The van der Waals surface area contributed by atoms with Gasteiger partial charge in [0.15, 0.2) is 0 Å². The van der Waals surface area contributed by atoms with Crippen molar-refractivity contribution >= 4 is 17.5 Å². The summed E-state index contributed by atoms with van der Waals surface area (Å²) in [6.45, 7) is 6.23. The highest BCUT2D eigenvalue weighted by molar-refractivity contribution is 6.06. The number of nitrogens with one attached hydrogen (secondary N) is 1. The molecular formula is C18H24N4O2. The van der Waals surface area contributed by atoms with Gasteiger partial charge < -0.3 is 14.5 Å². The van der Waals surface area contributed by atoms with Crippen LogP contribution < -0.4 is 10.3 Å². The van der Waals surface area contributed by atoms with E-state index in [0.717, 1.165) is 37.5 Å². The Kier molecular flexibility index (Phi) is 3.92. The minimum absolute atomic E-state index is 0.319. The molecule has 4 rings (SSSR count). The number of ether oxygens (including phenoxy) is 1. The molecule has 2 heterocycles. The topological polar surface area (TPSA) is 57.2 Å². The Morgan fingerprint density at radius 1 is 1.21 bits per heavy atom. The summed E-state index contributed by atoms with van der Waals surface area (Å²) in [6.07, 6.45) is 1.72. The Bertz CT molecular complexity index is 676. The molecule has 1 atom stereocenters. The number of nitrogens with zero attached hydrogens (tertiary/aromatic N) is 3. The fourth-order valence-corrected chi connectivity index (χ4v) is 3.51. The number of anilines is 1. The summed E-state index contributed by atoms with van der Waals surface area (Å²) >= 11 is 0. The SMILES string of the molecule is C[C@@H]1OC(=O)NN=C1c1ccc(N2CCN(C)CC2)c(C2CC2)c1. The Labute approximate surface area is 142 Å². The van der Waals surface area contributed by atoms with Crippen molar-refractivity contribution in [3.05, 3.63) is 29.3 Å². The molecule has 0 radical (unpaired) electrons. The molecule has 0 bridgehead atoms. The lowest BCUT2D eigenvalue weighted by Gasteiger charge is -2.35. The third kappa shape index (κ3) is 2.98. The number of carbonyl (C=O) groups excluding carboxylic acids is 1. The molecule has 1 aromatic rings. The van der Waals surface area contributed by atoms with Gasteiger partial charge in [0, 0.05) is 37.4 Å². The van der Waals surface area contributed by atoms with E-state index in [1.54, 1.807) is 0 Å². The van der Waals surface area contributed by atoms with Crippen LogP contribution in [0.5, 0.6) is 0 Å². The lowest BCUT2D eigenvalue weighted by molar-refractivity contribution is 0.127. The normalized spacial score (nSPS) is 25.1. The number of hydrogen-bond donors (Lipinski definition) is 1. The zero-order valence-electron chi connectivity index (χ0n) is 14.3. The minimum Gasteiger partial charge on any atom is -0.439 e. The third-order valence-electron chi connectivity index (χ3n) is 5.12. The van der Waals surface area contributed by atoms with Crippen LogP contribution in [0.3, 0.4) is 0 Å². The third-order valence-corrected chi connectivity index (χ3v) is 5.12. The van der Waals surface area contributed by atoms with Crippen LogP contribution >= 0.6 is 0 Å². The van der Waals surface area contributed by atoms with E-state index in [2.05, 4.69) is 45.6 Å². The van der Waals surface area contributed by atoms with Gasteiger partial charge in [-0.3, -0.25) is 0 Å². The second kappa shape index (κ2) is 6.09. The van der Waals surface area contributed by atoms with Crippen LogP contribution in [0.1, 0.15) is 36.8 Å². The Morgan fingerprint density at radius 2 is 1.96 bits per heavy atom. The Morgan fingerprint density at radius 3 is 2.62 bits per heavy atom. The van der Waals surface area contributed by atoms with Crippen LogP contribution in [-0.2, 0) is 4.74 Å². The molecule has 2 aliphatic heterocycles. The molecule has 24 heavy (non-hydrogen) atoms. The van der Waals surface area contributed by atoms with Gasteiger partial charge in [-0.1, -0.05) is 6.07 Å². The van der Waals surface area contributed by atoms with Crippen LogP contribution in [0.4, 0.5) is 10.5 Å². The van der Waals surface area contributed by atoms with Gasteiger partial charge in [0.25, 0.3) is 0 Å². The molecular weight excluding hydrogens is 304 g/mol. The second-order valence-electron chi connectivity index (χ2n) is 6.99. The number of amides is 1. The van der Waals surface area contributed by atoms with E-state index in [9.17, 15) is 4.79 Å². The molecule has 6 heteroatoms. The first-order chi connectivity index (χ1) is 11.6. The summed E-state index contributed by atoms with van der Waals surface area (Å²) in [4.78, 5) is 16.1. The molecule has 0 aromatic heterocycles. The van der Waals surface area contributed by atoms with Gasteiger partial charge in [-0.2, -0.15) is 5.10 Å². The second-order valence-corrected chi connectivity index (χ2v) is 6.99. The molecule has 1 saturated carbocycles. The van der Waals surface area contributed by atoms with Crippen LogP contribution in [0, 0.1) is 0 Å². The molecule has 1 saturated heterocycles. The average Bonchev–Trinajstić information content (AvgIpc) is 3.40. The van der Waals surface area contributed by atoms with E-state index in [0.29, 0.717) is 5.92 Å². The maximum atomic E-state index is 11.3. The highest BCUT2D eigenvalue weighted by Crippen LogP contribution is 2.45. The fourth-order valence-electron chi connectivity index (χ4n) is 3.51. The average molecular weight is 328 g/mol. The van der Waals surface area contributed by atoms with Crippen LogP contribution in [0.25, 0.3) is 0 Å². The van der Waals surface area contributed by atoms with Gasteiger partial charge in [-0.05, 0) is 50.4 Å². The van der Waals surface area contributed by atoms with Crippen molar-refractivity contribution in [2.24, 2.45) is 5.10 Å². The number of piperazine rings is 1. The standard InChI is InChI=1S/C18H24N4O2/c1-12-17(19-20-18(23)24-12)14-5-6-16(15(11-14)13-3-4-13)22-9-7-21(2)8-10-22/h5-6,11-13H,3-4,7-10H2,1-2H3,(H,20,23)/t12-/m0/s1. The molecule has 0 spiro atoms. The predicted molar refractivity (Wildman–Crippen MR) is 93.7 cm³/mol. The quantitative estimate of drug-likeness (QED) is 0.924. The van der Waals surface area contributed by atoms with E-state index in [-0.39, 0.29) is 6.10 Å². The van der Waals surface area contributed by atoms with Crippen molar-refractivity contribution in [3.63, 3.8) is 0 Å². The van der Waals surface area contributed by atoms with Gasteiger partial charge in [-0.15, -0.1) is 0 Å². The molecule has 6 nitrogen and oxygen atoms in total. The molecule has 1 aromatic carbocycles. The first kappa shape index (κ1) is 15.4. The Balaban J connectivity index is 1.64. The maximum Gasteiger partial charge on any atom is 0.428 e. The number of rotatable bonds is 3. The van der Waals surface area contributed by atoms with E-state index in [1.165, 1.54) is 24.1 Å². The van der Waals surface area contributed by atoms with Crippen molar-refractivity contribution in [1.82, 2.24) is 10.3 Å². The summed E-state index contributed by atoms with van der Waals surface area (Å²) in [6, 6.07) is 6.58. The highest BCUT2D eigenvalue weighted by Gasteiger charge is 2.30. The zero-order chi connectivity index (χ0) is 16.7. The van der Waals surface area contributed by atoms with Gasteiger partial charge in [0.2, 0.25) is 0 Å². The lowest BCUT2D eigenvalue weighted by Crippen LogP contribution is -2.44. The summed E-state index contributed by atoms with van der Waals surface area (Å²) < 4.78 is 5.23. The van der Waals surface area contributed by atoms with Crippen molar-refractivity contribution in [3.8, 4) is 0 Å². The zero-order valence-corrected chi connectivity index (χ0v) is 14.3. The molecule has 1 amide bonds. The first-order valence-corrected chi connectivity index (χ1v) is 8.74. The largest absolute Gasteiger partial charge is 0.439 e. The van der Waals surface area contributed by atoms with E-state index < -0.39 is 6.09 Å². The van der Waals surface area contributed by atoms with Crippen LogP contribution in [-0.4, -0.2) is 56.0 Å². The Hall–Kier alpha value is -2.08. The van der Waals surface area contributed by atoms with Crippen molar-refractivity contribution in [2.45, 2.75) is 31.8 Å². The highest BCUT2D eigenvalue weighted by atomic mass is 16.6. The predicted octanol–water partition coefficient (Wildman–Crippen LogP) is 2.15. The molecule has 2 fully saturated rings. The van der Waals surface area contributed by atoms with Crippen LogP contribution in [0.15, 0.2) is 23.3 Å². The van der Waals surface area contributed by atoms with Gasteiger partial charge in [-0.25, -0.2) is 10.2 Å². The summed E-state index contributed by atoms with van der Waals surface area (Å²) in [7, 11) is 2.18. The summed E-state index contributed by atoms with van der Waals surface area (Å²) in [5.74, 6) is 0.662. The molecule has 3 aliphatic rings. The van der Waals surface area contributed by atoms with Crippen molar-refractivity contribution in [1.29, 1.82) is 0 Å². The number of hydrogen-bond acceptors (Lipinski definition) is 5. The van der Waals surface area contributed by atoms with Gasteiger partial charge in [0.05, 0.1) is 0 Å². The lowest BCUT2D eigenvalue weighted by atomic mass is 9.98. The van der Waals surface area contributed by atoms with Crippen LogP contribution in [0.2, 0.25) is 0 Å². The number of cyclic esters (lactones) is 1. The maximum absolute atomic E-state index is 11.3. The number of hydrazone groups is 1. The van der Waals surface area contributed by atoms with Crippen molar-refractivity contribution in [2.75, 3.05) is 38.1 Å². The van der Waals surface area contributed by atoms with Gasteiger partial charge in [0.1, 0.15) is 11.8 Å². The fraction of sp³-hybridized carbons (Fsp3) is 0.556. The van der Waals surface area contributed by atoms with E-state index in [4.69, 9.17) is 4.74 Å². The number of likely N-dealkylation sites (N-methyl/N-ethyl adjacent to an activating group) is 1. The number of carbonyl (C=O) groups is 1. The monoisotopic (exact) mass is 328 g/mol. The molecule has 1 N–H and O–H groups in total. The number of benzene rings is 1. The molecule has 128 valence electrons. The first-order valence-electron chi connectivity index (χ1n) is 8.74.